The molecule has 0 radical (unpaired) electrons. The quantitative estimate of drug-likeness (QED) is 0.295. The predicted octanol–water partition coefficient (Wildman–Crippen LogP) is -2.56. The molecule has 0 bridgehead atoms. The number of hydrogen-bond acceptors (Lipinski definition) is 6. The zero-order chi connectivity index (χ0) is 12.2. The first kappa shape index (κ1) is 14.8. The van der Waals surface area contributed by atoms with Crippen molar-refractivity contribution in [2.24, 2.45) is 5.92 Å². The van der Waals surface area contributed by atoms with E-state index in [1.807, 2.05) is 0 Å². The smallest absolute Gasteiger partial charge is 0.103 e. The summed E-state index contributed by atoms with van der Waals surface area (Å²) in [5.41, 5.74) is -1.49. The van der Waals surface area contributed by atoms with Crippen LogP contribution in [0, 0.1) is 5.92 Å². The maximum Gasteiger partial charge on any atom is 0.103 e. The van der Waals surface area contributed by atoms with Crippen molar-refractivity contribution in [2.75, 3.05) is 13.2 Å². The molecule has 15 heavy (non-hydrogen) atoms. The van der Waals surface area contributed by atoms with Crippen molar-refractivity contribution in [1.29, 1.82) is 0 Å². The van der Waals surface area contributed by atoms with Gasteiger partial charge in [0.25, 0.3) is 0 Å². The molecule has 4 unspecified atom stereocenters. The Balaban J connectivity index is 4.78. The molecule has 0 saturated carbocycles. The first-order valence-electron chi connectivity index (χ1n) is 4.74. The van der Waals surface area contributed by atoms with Crippen LogP contribution in [-0.2, 0) is 0 Å². The van der Waals surface area contributed by atoms with Gasteiger partial charge in [-0.3, -0.25) is 0 Å². The van der Waals surface area contributed by atoms with E-state index < -0.39 is 43.0 Å². The van der Waals surface area contributed by atoms with Crippen LogP contribution in [0.1, 0.15) is 13.8 Å². The molecule has 4 atom stereocenters. The summed E-state index contributed by atoms with van der Waals surface area (Å²) in [6.45, 7) is 1.34. The van der Waals surface area contributed by atoms with Gasteiger partial charge in [0.2, 0.25) is 0 Å². The fraction of sp³-hybridized carbons (Fsp3) is 1.00. The van der Waals surface area contributed by atoms with Crippen molar-refractivity contribution in [3.63, 3.8) is 0 Å². The molecular formula is C9H20O6. The van der Waals surface area contributed by atoms with Crippen LogP contribution >= 0.6 is 0 Å². The van der Waals surface area contributed by atoms with E-state index in [0.717, 1.165) is 0 Å². The SMILES string of the molecule is CC(C)(O)C(C(O)CO)C(O)C(O)CO. The van der Waals surface area contributed by atoms with Gasteiger partial charge in [-0.2, -0.15) is 0 Å². The Bertz CT molecular complexity index is 178. The highest BCUT2D eigenvalue weighted by molar-refractivity contribution is 4.91. The molecule has 0 rings (SSSR count). The van der Waals surface area contributed by atoms with E-state index in [-0.39, 0.29) is 0 Å². The number of hydrogen-bond donors (Lipinski definition) is 6. The Morgan fingerprint density at radius 2 is 1.33 bits per heavy atom. The van der Waals surface area contributed by atoms with Crippen LogP contribution in [0.25, 0.3) is 0 Å². The lowest BCUT2D eigenvalue weighted by molar-refractivity contribution is -0.148. The number of rotatable bonds is 6. The summed E-state index contributed by atoms with van der Waals surface area (Å²) in [4.78, 5) is 0. The second kappa shape index (κ2) is 5.74. The van der Waals surface area contributed by atoms with Gasteiger partial charge in [-0.05, 0) is 13.8 Å². The largest absolute Gasteiger partial charge is 0.394 e. The molecule has 6 N–H and O–H groups in total. The molecule has 0 fully saturated rings. The first-order valence-corrected chi connectivity index (χ1v) is 4.74. The van der Waals surface area contributed by atoms with Gasteiger partial charge in [-0.15, -0.1) is 0 Å². The van der Waals surface area contributed by atoms with Gasteiger partial charge in [-0.1, -0.05) is 0 Å². The van der Waals surface area contributed by atoms with E-state index in [4.69, 9.17) is 10.2 Å². The number of aliphatic hydroxyl groups excluding tert-OH is 5. The zero-order valence-corrected chi connectivity index (χ0v) is 8.91. The summed E-state index contributed by atoms with van der Waals surface area (Å²) >= 11 is 0. The summed E-state index contributed by atoms with van der Waals surface area (Å²) < 4.78 is 0. The highest BCUT2D eigenvalue weighted by Crippen LogP contribution is 2.25. The fourth-order valence-corrected chi connectivity index (χ4v) is 1.58. The summed E-state index contributed by atoms with van der Waals surface area (Å²) in [6.07, 6.45) is -4.36. The van der Waals surface area contributed by atoms with Crippen LogP contribution in [0.2, 0.25) is 0 Å². The minimum atomic E-state index is -1.52. The average molecular weight is 224 g/mol. The summed E-state index contributed by atoms with van der Waals surface area (Å²) in [7, 11) is 0. The lowest BCUT2D eigenvalue weighted by Gasteiger charge is -2.37. The van der Waals surface area contributed by atoms with Gasteiger partial charge < -0.3 is 30.6 Å². The fourth-order valence-electron chi connectivity index (χ4n) is 1.58. The highest BCUT2D eigenvalue weighted by Gasteiger charge is 2.41. The van der Waals surface area contributed by atoms with Gasteiger partial charge in [0, 0.05) is 5.92 Å². The molecular weight excluding hydrogens is 204 g/mol. The predicted molar refractivity (Wildman–Crippen MR) is 52.0 cm³/mol. The molecule has 0 aliphatic heterocycles. The highest BCUT2D eigenvalue weighted by atomic mass is 16.4. The van der Waals surface area contributed by atoms with Crippen molar-refractivity contribution in [3.05, 3.63) is 0 Å². The van der Waals surface area contributed by atoms with Crippen molar-refractivity contribution >= 4 is 0 Å². The summed E-state index contributed by atoms with van der Waals surface area (Å²) in [5, 5.41) is 55.2. The van der Waals surface area contributed by atoms with Crippen LogP contribution in [0.4, 0.5) is 0 Å². The molecule has 0 aromatic carbocycles. The molecule has 6 nitrogen and oxygen atoms in total. The molecule has 0 aromatic heterocycles. The van der Waals surface area contributed by atoms with Gasteiger partial charge in [0.15, 0.2) is 0 Å². The van der Waals surface area contributed by atoms with Crippen LogP contribution in [0.5, 0.6) is 0 Å². The Morgan fingerprint density at radius 3 is 1.60 bits per heavy atom. The molecule has 6 heteroatoms. The molecule has 0 spiro atoms. The molecule has 0 aliphatic rings. The average Bonchev–Trinajstić information content (AvgIpc) is 2.14. The molecule has 0 aromatic rings. The third kappa shape index (κ3) is 4.02. The molecule has 0 saturated heterocycles. The molecule has 92 valence electrons. The Morgan fingerprint density at radius 1 is 0.933 bits per heavy atom. The van der Waals surface area contributed by atoms with E-state index in [1.54, 1.807) is 0 Å². The van der Waals surface area contributed by atoms with Crippen LogP contribution in [0.15, 0.2) is 0 Å². The monoisotopic (exact) mass is 224 g/mol. The van der Waals surface area contributed by atoms with Gasteiger partial charge in [0.05, 0.1) is 31.0 Å². The second-order valence-electron chi connectivity index (χ2n) is 4.17. The van der Waals surface area contributed by atoms with Gasteiger partial charge in [-0.25, -0.2) is 0 Å². The Labute approximate surface area is 88.4 Å². The molecule has 0 aliphatic carbocycles. The minimum absolute atomic E-state index is 0.649. The Hall–Kier alpha value is -0.240. The van der Waals surface area contributed by atoms with Crippen LogP contribution in [-0.4, -0.2) is 67.8 Å². The normalized spacial score (nSPS) is 20.8. The van der Waals surface area contributed by atoms with Crippen molar-refractivity contribution in [2.45, 2.75) is 37.8 Å². The third-order valence-electron chi connectivity index (χ3n) is 2.37. The molecule has 0 amide bonds. The van der Waals surface area contributed by atoms with Crippen molar-refractivity contribution in [1.82, 2.24) is 0 Å². The summed E-state index contributed by atoms with van der Waals surface area (Å²) in [6, 6.07) is 0. The van der Waals surface area contributed by atoms with Crippen molar-refractivity contribution in [3.8, 4) is 0 Å². The lowest BCUT2D eigenvalue weighted by atomic mass is 9.80. The number of aliphatic hydroxyl groups is 6. The standard InChI is InChI=1S/C9H20O6/c1-9(2,15)7(5(12)3-10)8(14)6(13)4-11/h5-8,10-15H,3-4H2,1-2H3. The maximum atomic E-state index is 9.67. The molecule has 0 heterocycles. The maximum absolute atomic E-state index is 9.67. The van der Waals surface area contributed by atoms with Gasteiger partial charge in [0.1, 0.15) is 6.10 Å². The van der Waals surface area contributed by atoms with E-state index >= 15 is 0 Å². The second-order valence-corrected chi connectivity index (χ2v) is 4.17. The topological polar surface area (TPSA) is 121 Å². The van der Waals surface area contributed by atoms with Crippen LogP contribution in [0.3, 0.4) is 0 Å². The Kier molecular flexibility index (Phi) is 5.65. The van der Waals surface area contributed by atoms with E-state index in [2.05, 4.69) is 0 Å². The van der Waals surface area contributed by atoms with E-state index in [9.17, 15) is 20.4 Å². The third-order valence-corrected chi connectivity index (χ3v) is 2.37. The summed E-state index contributed by atoms with van der Waals surface area (Å²) in [5.74, 6) is -1.15. The van der Waals surface area contributed by atoms with E-state index in [0.29, 0.717) is 0 Å². The minimum Gasteiger partial charge on any atom is -0.394 e. The van der Waals surface area contributed by atoms with Crippen LogP contribution < -0.4 is 0 Å². The zero-order valence-electron chi connectivity index (χ0n) is 8.91. The first-order chi connectivity index (χ1) is 6.75. The van der Waals surface area contributed by atoms with Crippen molar-refractivity contribution < 1.29 is 30.6 Å². The van der Waals surface area contributed by atoms with E-state index in [1.165, 1.54) is 13.8 Å². The van der Waals surface area contributed by atoms with Gasteiger partial charge >= 0.3 is 0 Å². The lowest BCUT2D eigenvalue weighted by Crippen LogP contribution is -2.52.